The van der Waals surface area contributed by atoms with Crippen molar-refractivity contribution < 1.29 is 14.6 Å². The van der Waals surface area contributed by atoms with Crippen LogP contribution in [0.1, 0.15) is 5.56 Å². The number of halogens is 2. The number of fused-ring (bicyclic) bond motifs is 1. The molecule has 26 heavy (non-hydrogen) atoms. The fourth-order valence-corrected chi connectivity index (χ4v) is 3.48. The Morgan fingerprint density at radius 3 is 2.92 bits per heavy atom. The Morgan fingerprint density at radius 1 is 1.27 bits per heavy atom. The number of aromatic nitrogens is 1. The van der Waals surface area contributed by atoms with E-state index in [4.69, 9.17) is 4.74 Å². The van der Waals surface area contributed by atoms with Gasteiger partial charge in [0.2, 0.25) is 0 Å². The van der Waals surface area contributed by atoms with Gasteiger partial charge < -0.3 is 9.84 Å². The fraction of sp³-hybridized carbons (Fsp3) is 0.0556. The summed E-state index contributed by atoms with van der Waals surface area (Å²) in [6.07, 6.45) is 3.02. The molecular weight excluding hydrogens is 466 g/mol. The largest absolute Gasteiger partial charge is 0.506 e. The summed E-state index contributed by atoms with van der Waals surface area (Å²) in [4.78, 5) is 16.2. The number of para-hydroxylation sites is 1. The van der Waals surface area contributed by atoms with E-state index >= 15 is 0 Å². The predicted molar refractivity (Wildman–Crippen MR) is 106 cm³/mol. The number of amides is 1. The number of hydrazone groups is 1. The van der Waals surface area contributed by atoms with E-state index < -0.39 is 5.91 Å². The van der Waals surface area contributed by atoms with Crippen LogP contribution in [-0.2, 0) is 4.79 Å². The van der Waals surface area contributed by atoms with Crippen molar-refractivity contribution in [2.45, 2.75) is 0 Å². The summed E-state index contributed by atoms with van der Waals surface area (Å²) in [7, 11) is 0. The molecule has 0 bridgehead atoms. The van der Waals surface area contributed by atoms with Crippen LogP contribution >= 0.6 is 31.9 Å². The van der Waals surface area contributed by atoms with Crippen molar-refractivity contribution in [1.82, 2.24) is 10.4 Å². The van der Waals surface area contributed by atoms with Gasteiger partial charge in [-0.25, -0.2) is 5.43 Å². The molecule has 6 nitrogen and oxygen atoms in total. The molecule has 0 saturated carbocycles. The number of nitrogens with zero attached hydrogens (tertiary/aromatic N) is 2. The third kappa shape index (κ3) is 4.39. The summed E-state index contributed by atoms with van der Waals surface area (Å²) in [5.41, 5.74) is 3.50. The lowest BCUT2D eigenvalue weighted by Crippen LogP contribution is -2.24. The minimum absolute atomic E-state index is 0.0317. The minimum atomic E-state index is -0.428. The van der Waals surface area contributed by atoms with Crippen LogP contribution in [0.25, 0.3) is 10.9 Å². The molecule has 2 N–H and O–H groups in total. The SMILES string of the molecule is O=C(COc1cccc2cccnc12)N/N=C\c1cc(Br)cc(Br)c1O. The van der Waals surface area contributed by atoms with E-state index in [-0.39, 0.29) is 12.4 Å². The minimum Gasteiger partial charge on any atom is -0.506 e. The third-order valence-electron chi connectivity index (χ3n) is 3.41. The number of phenolic OH excluding ortho intramolecular Hbond substituents is 1. The molecule has 0 unspecified atom stereocenters. The highest BCUT2D eigenvalue weighted by molar-refractivity contribution is 9.11. The van der Waals surface area contributed by atoms with Gasteiger partial charge in [0.1, 0.15) is 17.0 Å². The lowest BCUT2D eigenvalue weighted by molar-refractivity contribution is -0.123. The quantitative estimate of drug-likeness (QED) is 0.429. The van der Waals surface area contributed by atoms with Crippen molar-refractivity contribution in [1.29, 1.82) is 0 Å². The zero-order valence-corrected chi connectivity index (χ0v) is 16.5. The van der Waals surface area contributed by atoms with Crippen molar-refractivity contribution >= 4 is 54.9 Å². The van der Waals surface area contributed by atoms with Gasteiger partial charge in [0, 0.05) is 21.6 Å². The van der Waals surface area contributed by atoms with Crippen molar-refractivity contribution in [3.05, 3.63) is 63.2 Å². The first kappa shape index (κ1) is 18.3. The number of pyridine rings is 1. The summed E-state index contributed by atoms with van der Waals surface area (Å²) in [5, 5.41) is 14.7. The normalized spacial score (nSPS) is 11.0. The number of carbonyl (C=O) groups excluding carboxylic acids is 1. The molecule has 1 heterocycles. The number of benzene rings is 2. The Morgan fingerprint density at radius 2 is 2.08 bits per heavy atom. The van der Waals surface area contributed by atoms with Gasteiger partial charge in [0.15, 0.2) is 6.61 Å². The molecule has 0 spiro atoms. The van der Waals surface area contributed by atoms with E-state index in [2.05, 4.69) is 47.4 Å². The van der Waals surface area contributed by atoms with Gasteiger partial charge in [-0.05, 0) is 40.2 Å². The second kappa shape index (κ2) is 8.29. The first-order valence-corrected chi connectivity index (χ1v) is 9.09. The van der Waals surface area contributed by atoms with Gasteiger partial charge in [-0.3, -0.25) is 9.78 Å². The first-order valence-electron chi connectivity index (χ1n) is 7.51. The Balaban J connectivity index is 1.61. The number of ether oxygens (including phenoxy) is 1. The molecule has 2 aromatic carbocycles. The Hall–Kier alpha value is -2.45. The van der Waals surface area contributed by atoms with E-state index in [1.54, 1.807) is 24.4 Å². The molecule has 1 aromatic heterocycles. The van der Waals surface area contributed by atoms with Crippen LogP contribution in [0.15, 0.2) is 62.7 Å². The zero-order chi connectivity index (χ0) is 18.5. The molecule has 3 rings (SSSR count). The van der Waals surface area contributed by atoms with Crippen LogP contribution in [-0.4, -0.2) is 28.8 Å². The maximum Gasteiger partial charge on any atom is 0.277 e. The maximum absolute atomic E-state index is 11.9. The smallest absolute Gasteiger partial charge is 0.277 e. The molecule has 0 radical (unpaired) electrons. The number of rotatable bonds is 5. The molecule has 1 amide bonds. The van der Waals surface area contributed by atoms with Crippen molar-refractivity contribution in [2.24, 2.45) is 5.10 Å². The molecule has 0 atom stereocenters. The maximum atomic E-state index is 11.9. The molecule has 0 aliphatic rings. The molecule has 0 aliphatic carbocycles. The standard InChI is InChI=1S/C18H13Br2N3O3/c19-13-7-12(18(25)14(20)8-13)9-22-23-16(24)10-26-15-5-1-3-11-4-2-6-21-17(11)15/h1-9,25H,10H2,(H,23,24)/b22-9-. The van der Waals surface area contributed by atoms with E-state index in [0.29, 0.717) is 21.3 Å². The fourth-order valence-electron chi connectivity index (χ4n) is 2.23. The van der Waals surface area contributed by atoms with Gasteiger partial charge in [-0.1, -0.05) is 34.1 Å². The lowest BCUT2D eigenvalue weighted by atomic mass is 10.2. The van der Waals surface area contributed by atoms with Crippen molar-refractivity contribution in [3.63, 3.8) is 0 Å². The van der Waals surface area contributed by atoms with E-state index in [9.17, 15) is 9.90 Å². The van der Waals surface area contributed by atoms with Crippen LogP contribution in [0.3, 0.4) is 0 Å². The molecule has 0 saturated heterocycles. The summed E-state index contributed by atoms with van der Waals surface area (Å²) < 4.78 is 6.82. The zero-order valence-electron chi connectivity index (χ0n) is 13.3. The number of hydrogen-bond acceptors (Lipinski definition) is 5. The molecule has 0 aliphatic heterocycles. The monoisotopic (exact) mass is 477 g/mol. The van der Waals surface area contributed by atoms with Gasteiger partial charge in [0.05, 0.1) is 10.7 Å². The topological polar surface area (TPSA) is 83.8 Å². The van der Waals surface area contributed by atoms with Gasteiger partial charge in [-0.2, -0.15) is 5.10 Å². The van der Waals surface area contributed by atoms with Gasteiger partial charge in [-0.15, -0.1) is 0 Å². The molecular formula is C18H13Br2N3O3. The van der Waals surface area contributed by atoms with E-state index in [1.807, 2.05) is 24.3 Å². The van der Waals surface area contributed by atoms with Crippen LogP contribution in [0, 0.1) is 0 Å². The van der Waals surface area contributed by atoms with Crippen molar-refractivity contribution in [2.75, 3.05) is 6.61 Å². The van der Waals surface area contributed by atoms with E-state index in [1.165, 1.54) is 6.21 Å². The number of aromatic hydroxyl groups is 1. The highest BCUT2D eigenvalue weighted by Gasteiger charge is 2.07. The van der Waals surface area contributed by atoms with Crippen molar-refractivity contribution in [3.8, 4) is 11.5 Å². The second-order valence-corrected chi connectivity index (χ2v) is 7.01. The summed E-state index contributed by atoms with van der Waals surface area (Å²) >= 11 is 6.56. The summed E-state index contributed by atoms with van der Waals surface area (Å²) in [5.74, 6) is 0.128. The number of hydrogen-bond donors (Lipinski definition) is 2. The lowest BCUT2D eigenvalue weighted by Gasteiger charge is -2.07. The number of phenols is 1. The molecule has 8 heteroatoms. The Kier molecular flexibility index (Phi) is 5.85. The van der Waals surface area contributed by atoms with Crippen LogP contribution in [0.2, 0.25) is 0 Å². The Bertz CT molecular complexity index is 987. The molecule has 132 valence electrons. The van der Waals surface area contributed by atoms with Gasteiger partial charge in [0.25, 0.3) is 5.91 Å². The highest BCUT2D eigenvalue weighted by Crippen LogP contribution is 2.30. The second-order valence-electron chi connectivity index (χ2n) is 5.24. The molecule has 0 fully saturated rings. The van der Waals surface area contributed by atoms with Crippen LogP contribution < -0.4 is 10.2 Å². The summed E-state index contributed by atoms with van der Waals surface area (Å²) in [6, 6.07) is 12.6. The average molecular weight is 479 g/mol. The first-order chi connectivity index (χ1) is 12.5. The summed E-state index contributed by atoms with van der Waals surface area (Å²) in [6.45, 7) is -0.207. The Labute approximate surface area is 166 Å². The molecule has 3 aromatic rings. The highest BCUT2D eigenvalue weighted by atomic mass is 79.9. The van der Waals surface area contributed by atoms with Crippen LogP contribution in [0.4, 0.5) is 0 Å². The van der Waals surface area contributed by atoms with Crippen LogP contribution in [0.5, 0.6) is 11.5 Å². The van der Waals surface area contributed by atoms with Gasteiger partial charge >= 0.3 is 0 Å². The van der Waals surface area contributed by atoms with E-state index in [0.717, 1.165) is 9.86 Å². The third-order valence-corrected chi connectivity index (χ3v) is 4.47. The predicted octanol–water partition coefficient (Wildman–Crippen LogP) is 3.99. The average Bonchev–Trinajstić information content (AvgIpc) is 2.63. The number of carbonyl (C=O) groups is 1. The number of nitrogens with one attached hydrogen (secondary N) is 1.